The average Bonchev–Trinajstić information content (AvgIpc) is 2.34. The number of nitro groups is 1. The third-order valence-electron chi connectivity index (χ3n) is 2.36. The summed E-state index contributed by atoms with van der Waals surface area (Å²) in [5.41, 5.74) is -3.22. The molecule has 1 rings (SSSR count). The van der Waals surface area contributed by atoms with E-state index in [1.54, 1.807) is 5.32 Å². The minimum absolute atomic E-state index is 0.128. The van der Waals surface area contributed by atoms with Gasteiger partial charge in [0.15, 0.2) is 0 Å². The molecule has 1 aromatic rings. The molecule has 0 radical (unpaired) electrons. The fraction of sp³-hybridized carbons (Fsp3) is 0.400. The normalized spacial score (nSPS) is 12.6. The van der Waals surface area contributed by atoms with Gasteiger partial charge in [-0.2, -0.15) is 22.0 Å². The molecule has 4 nitrogen and oxygen atoms in total. The highest BCUT2D eigenvalue weighted by Gasteiger charge is 2.41. The first-order chi connectivity index (χ1) is 9.45. The Morgan fingerprint density at radius 1 is 1.19 bits per heavy atom. The molecule has 0 fully saturated rings. The topological polar surface area (TPSA) is 55.2 Å². The number of hydrogen-bond donors (Lipinski definition) is 1. The van der Waals surface area contributed by atoms with Gasteiger partial charge in [-0.1, -0.05) is 0 Å². The minimum Gasteiger partial charge on any atom is -0.373 e. The maximum Gasteiger partial charge on any atom is 0.416 e. The SMILES string of the molecule is O=[N+]([O-])c1cc(C(F)(F)F)ccc1NCC(F)(F)C(F)F. The van der Waals surface area contributed by atoms with Gasteiger partial charge in [0, 0.05) is 6.07 Å². The van der Waals surface area contributed by atoms with Crippen LogP contribution in [0.25, 0.3) is 0 Å². The molecule has 21 heavy (non-hydrogen) atoms. The summed E-state index contributed by atoms with van der Waals surface area (Å²) in [6, 6.07) is 1.07. The lowest BCUT2D eigenvalue weighted by molar-refractivity contribution is -0.384. The number of nitro benzene ring substituents is 1. The molecule has 0 saturated heterocycles. The number of rotatable bonds is 5. The summed E-state index contributed by atoms with van der Waals surface area (Å²) in [4.78, 5) is 9.38. The number of hydrogen-bond acceptors (Lipinski definition) is 3. The lowest BCUT2D eigenvalue weighted by atomic mass is 10.1. The van der Waals surface area contributed by atoms with E-state index in [2.05, 4.69) is 0 Å². The maximum absolute atomic E-state index is 12.7. The van der Waals surface area contributed by atoms with Crippen molar-refractivity contribution in [1.82, 2.24) is 0 Å². The molecular formula is C10H7F7N2O2. The van der Waals surface area contributed by atoms with E-state index in [1.165, 1.54) is 0 Å². The standard InChI is InChI=1S/C10H7F7N2O2/c11-8(12)9(13,14)4-18-6-2-1-5(10(15,16)17)3-7(6)19(20)21/h1-3,8,18H,4H2. The molecule has 0 heterocycles. The fourth-order valence-electron chi connectivity index (χ4n) is 1.30. The lowest BCUT2D eigenvalue weighted by Gasteiger charge is -2.17. The second-order valence-corrected chi connectivity index (χ2v) is 3.90. The molecule has 0 bridgehead atoms. The molecule has 0 spiro atoms. The summed E-state index contributed by atoms with van der Waals surface area (Å²) in [6.45, 7) is -1.66. The summed E-state index contributed by atoms with van der Waals surface area (Å²) >= 11 is 0. The van der Waals surface area contributed by atoms with Crippen LogP contribution in [0, 0.1) is 10.1 Å². The molecule has 0 saturated carbocycles. The van der Waals surface area contributed by atoms with Crippen molar-refractivity contribution >= 4 is 11.4 Å². The summed E-state index contributed by atoms with van der Waals surface area (Å²) in [5.74, 6) is -4.48. The van der Waals surface area contributed by atoms with E-state index in [4.69, 9.17) is 0 Å². The number of nitrogens with one attached hydrogen (secondary N) is 1. The van der Waals surface area contributed by atoms with Gasteiger partial charge in [-0.05, 0) is 12.1 Å². The number of benzene rings is 1. The van der Waals surface area contributed by atoms with Gasteiger partial charge in [-0.25, -0.2) is 8.78 Å². The first kappa shape index (κ1) is 17.0. The Kier molecular flexibility index (Phi) is 4.64. The largest absolute Gasteiger partial charge is 0.416 e. The molecule has 0 aliphatic carbocycles. The van der Waals surface area contributed by atoms with Crippen LogP contribution in [0.1, 0.15) is 5.56 Å². The second kappa shape index (κ2) is 5.74. The van der Waals surface area contributed by atoms with Crippen LogP contribution in [0.5, 0.6) is 0 Å². The Morgan fingerprint density at radius 3 is 2.19 bits per heavy atom. The summed E-state index contributed by atoms with van der Waals surface area (Å²) in [7, 11) is 0. The van der Waals surface area contributed by atoms with E-state index in [0.29, 0.717) is 12.1 Å². The zero-order chi connectivity index (χ0) is 16.4. The summed E-state index contributed by atoms with van der Waals surface area (Å²) < 4.78 is 86.3. The van der Waals surface area contributed by atoms with E-state index in [0.717, 1.165) is 0 Å². The van der Waals surface area contributed by atoms with Gasteiger partial charge in [-0.3, -0.25) is 10.1 Å². The van der Waals surface area contributed by atoms with Gasteiger partial charge in [-0.15, -0.1) is 0 Å². The van der Waals surface area contributed by atoms with Crippen molar-refractivity contribution in [2.75, 3.05) is 11.9 Å². The fourth-order valence-corrected chi connectivity index (χ4v) is 1.30. The van der Waals surface area contributed by atoms with Crippen LogP contribution >= 0.6 is 0 Å². The van der Waals surface area contributed by atoms with E-state index in [-0.39, 0.29) is 6.07 Å². The molecular weight excluding hydrogens is 313 g/mol. The average molecular weight is 320 g/mol. The van der Waals surface area contributed by atoms with Crippen LogP contribution in [0.3, 0.4) is 0 Å². The Hall–Kier alpha value is -2.07. The Bertz CT molecular complexity index is 531. The Balaban J connectivity index is 3.06. The highest BCUT2D eigenvalue weighted by Crippen LogP contribution is 2.35. The minimum atomic E-state index is -4.86. The van der Waals surface area contributed by atoms with Gasteiger partial charge in [0.1, 0.15) is 5.69 Å². The Labute approximate surface area is 112 Å². The first-order valence-corrected chi connectivity index (χ1v) is 5.20. The van der Waals surface area contributed by atoms with E-state index in [9.17, 15) is 40.8 Å². The van der Waals surface area contributed by atoms with Crippen molar-refractivity contribution in [2.45, 2.75) is 18.5 Å². The lowest BCUT2D eigenvalue weighted by Crippen LogP contribution is -2.35. The van der Waals surface area contributed by atoms with Crippen LogP contribution in [0.2, 0.25) is 0 Å². The highest BCUT2D eigenvalue weighted by atomic mass is 19.4. The van der Waals surface area contributed by atoms with Gasteiger partial charge in [0.05, 0.1) is 17.0 Å². The first-order valence-electron chi connectivity index (χ1n) is 5.20. The molecule has 1 aromatic carbocycles. The van der Waals surface area contributed by atoms with Crippen molar-refractivity contribution < 1.29 is 35.7 Å². The summed E-state index contributed by atoms with van der Waals surface area (Å²) in [5, 5.41) is 12.3. The Morgan fingerprint density at radius 2 is 1.76 bits per heavy atom. The molecule has 0 aliphatic rings. The van der Waals surface area contributed by atoms with Gasteiger partial charge in [0.2, 0.25) is 0 Å². The van der Waals surface area contributed by atoms with Crippen molar-refractivity contribution in [3.8, 4) is 0 Å². The van der Waals surface area contributed by atoms with E-state index >= 15 is 0 Å². The highest BCUT2D eigenvalue weighted by molar-refractivity contribution is 5.63. The zero-order valence-corrected chi connectivity index (χ0v) is 9.93. The smallest absolute Gasteiger partial charge is 0.373 e. The molecule has 118 valence electrons. The predicted octanol–water partition coefficient (Wildman–Crippen LogP) is 3.93. The van der Waals surface area contributed by atoms with Crippen molar-refractivity contribution in [3.63, 3.8) is 0 Å². The number of alkyl halides is 7. The van der Waals surface area contributed by atoms with Crippen LogP contribution in [-0.4, -0.2) is 23.8 Å². The maximum atomic E-state index is 12.7. The van der Waals surface area contributed by atoms with E-state index < -0.39 is 46.9 Å². The molecule has 0 aromatic heterocycles. The second-order valence-electron chi connectivity index (χ2n) is 3.90. The molecule has 1 N–H and O–H groups in total. The van der Waals surface area contributed by atoms with Crippen molar-refractivity contribution in [2.24, 2.45) is 0 Å². The summed E-state index contributed by atoms with van der Waals surface area (Å²) in [6.07, 6.45) is -8.88. The van der Waals surface area contributed by atoms with Crippen molar-refractivity contribution in [3.05, 3.63) is 33.9 Å². The molecule has 0 aliphatic heterocycles. The third-order valence-corrected chi connectivity index (χ3v) is 2.36. The molecule has 11 heteroatoms. The van der Waals surface area contributed by atoms with Gasteiger partial charge < -0.3 is 5.32 Å². The quantitative estimate of drug-likeness (QED) is 0.508. The van der Waals surface area contributed by atoms with Crippen LogP contribution < -0.4 is 5.32 Å². The zero-order valence-electron chi connectivity index (χ0n) is 9.93. The monoisotopic (exact) mass is 320 g/mol. The predicted molar refractivity (Wildman–Crippen MR) is 57.5 cm³/mol. The molecule has 0 amide bonds. The van der Waals surface area contributed by atoms with Crippen molar-refractivity contribution in [1.29, 1.82) is 0 Å². The van der Waals surface area contributed by atoms with Crippen LogP contribution in [-0.2, 0) is 6.18 Å². The number of nitrogens with zero attached hydrogens (tertiary/aromatic N) is 1. The van der Waals surface area contributed by atoms with Crippen LogP contribution in [0.15, 0.2) is 18.2 Å². The van der Waals surface area contributed by atoms with Gasteiger partial charge >= 0.3 is 18.5 Å². The third kappa shape index (κ3) is 4.20. The van der Waals surface area contributed by atoms with Crippen LogP contribution in [0.4, 0.5) is 42.1 Å². The number of halogens is 7. The number of anilines is 1. The van der Waals surface area contributed by atoms with E-state index in [1.807, 2.05) is 0 Å². The molecule has 0 atom stereocenters. The molecule has 0 unspecified atom stereocenters. The van der Waals surface area contributed by atoms with Gasteiger partial charge in [0.25, 0.3) is 5.69 Å².